The maximum absolute atomic E-state index is 8.56. The van der Waals surface area contributed by atoms with Crippen molar-refractivity contribution in [3.8, 4) is 22.3 Å². The molecule has 4 nitrogen and oxygen atoms in total. The molecule has 0 aliphatic heterocycles. The van der Waals surface area contributed by atoms with E-state index in [1.807, 2.05) is 87.8 Å². The first-order chi connectivity index (χ1) is 58.3. The first-order valence-corrected chi connectivity index (χ1v) is 42.3. The van der Waals surface area contributed by atoms with Crippen LogP contribution in [0.2, 0.25) is 0 Å². The van der Waals surface area contributed by atoms with Gasteiger partial charge in [-0.15, -0.1) is 56.7 Å². The zero-order valence-electron chi connectivity index (χ0n) is 66.9. The molecular weight excluding hydrogens is 1480 g/mol. The molecule has 17 aromatic carbocycles. The molecule has 540 valence electrons. The van der Waals surface area contributed by atoms with Gasteiger partial charge in [-0.2, -0.15) is 0 Å². The van der Waals surface area contributed by atoms with Crippen molar-refractivity contribution in [2.75, 3.05) is 19.6 Å². The third kappa shape index (κ3) is 11.7. The van der Waals surface area contributed by atoms with Gasteiger partial charge in [0.15, 0.2) is 0 Å². The van der Waals surface area contributed by atoms with Crippen LogP contribution >= 0.6 is 56.7 Å². The molecule has 0 amide bonds. The van der Waals surface area contributed by atoms with Gasteiger partial charge in [-0.1, -0.05) is 214 Å². The molecule has 0 radical (unpaired) electrons. The van der Waals surface area contributed by atoms with Crippen molar-refractivity contribution in [2.45, 2.75) is 19.3 Å². The fourth-order valence-electron chi connectivity index (χ4n) is 17.1. The van der Waals surface area contributed by atoms with E-state index < -0.39 is 6.04 Å². The molecule has 23 rings (SSSR count). The number of benzene rings is 17. The van der Waals surface area contributed by atoms with Gasteiger partial charge in [-0.05, 0) is 221 Å². The van der Waals surface area contributed by atoms with Crippen LogP contribution in [-0.4, -0.2) is 0 Å². The van der Waals surface area contributed by atoms with Crippen LogP contribution in [0.15, 0.2) is 388 Å². The highest BCUT2D eigenvalue weighted by Crippen LogP contribution is 2.54. The van der Waals surface area contributed by atoms with E-state index in [0.29, 0.717) is 5.56 Å². The average Bonchev–Trinajstić information content (AvgIpc) is 1.60. The topological polar surface area (TPSA) is 13.0 Å². The van der Waals surface area contributed by atoms with Crippen molar-refractivity contribution in [3.63, 3.8) is 0 Å². The minimum Gasteiger partial charge on any atom is -0.310 e. The van der Waals surface area contributed by atoms with Crippen molar-refractivity contribution in [2.24, 2.45) is 0 Å². The molecule has 5 aromatic heterocycles. The van der Waals surface area contributed by atoms with Gasteiger partial charge in [0.05, 0.1) is 6.85 Å². The standard InChI is InChI=1S/C57H40N2S2.C48H30N2S3/c1-57(2)51-19-11-9-17-45(51)46-29-25-43(35-52(46)57)59(41-27-31-54-49(33-41)47-18-10-12-20-53(47)60-54)42-28-32-55-50(34-42)48-30-26-44(36-56(48)61-55)58(39-15-7-4-8-16-39)40-23-21-38(22-24-40)37-13-5-3-6-14-37;1-3-11-31(12-4-1)49(33-21-25-45-41(27-33)38-16-8-10-18-44(38)51-45)34-22-26-46-42(28-34)40-24-20-36(30-48(40)53-46)50(32-13-5-2-6-14-32)35-19-23-39-37-15-7-9-17-43(37)52-47(39)29-35/h3-36H,1-2H3;1-30H/i3D,5D,6D,13D,14D;. The Kier molecular flexibility index (Phi) is 15.3. The van der Waals surface area contributed by atoms with Crippen LogP contribution in [0.25, 0.3) is 123 Å². The Morgan fingerprint density at radius 1 is 0.202 bits per heavy atom. The molecule has 0 saturated heterocycles. The van der Waals surface area contributed by atoms with Crippen LogP contribution in [0.5, 0.6) is 0 Å². The number of rotatable bonds is 13. The normalized spacial score (nSPS) is 13.0. The minimum absolute atomic E-state index is 0.146. The first-order valence-electron chi connectivity index (χ1n) is 40.7. The van der Waals surface area contributed by atoms with Gasteiger partial charge in [0.1, 0.15) is 0 Å². The van der Waals surface area contributed by atoms with Crippen molar-refractivity contribution in [3.05, 3.63) is 399 Å². The van der Waals surface area contributed by atoms with E-state index in [1.165, 1.54) is 118 Å². The van der Waals surface area contributed by atoms with Gasteiger partial charge in [-0.25, -0.2) is 0 Å². The first kappa shape index (κ1) is 62.7. The summed E-state index contributed by atoms with van der Waals surface area (Å²) in [4.78, 5) is 9.40. The van der Waals surface area contributed by atoms with Gasteiger partial charge < -0.3 is 19.6 Å². The second-order valence-corrected chi connectivity index (χ2v) is 35.0. The average molecular weight is 1550 g/mol. The van der Waals surface area contributed by atoms with Crippen LogP contribution in [0.3, 0.4) is 0 Å². The monoisotopic (exact) mass is 1550 g/mol. The number of nitrogens with zero attached hydrogens (tertiary/aromatic N) is 4. The number of para-hydroxylation sites is 3. The van der Waals surface area contributed by atoms with Crippen molar-refractivity contribution >= 4 is 226 Å². The molecule has 22 aromatic rings. The van der Waals surface area contributed by atoms with E-state index in [-0.39, 0.29) is 35.1 Å². The van der Waals surface area contributed by atoms with Crippen LogP contribution in [-0.2, 0) is 5.41 Å². The Morgan fingerprint density at radius 3 is 0.921 bits per heavy atom. The number of anilines is 12. The lowest BCUT2D eigenvalue weighted by Gasteiger charge is -2.28. The highest BCUT2D eigenvalue weighted by molar-refractivity contribution is 7.27. The summed E-state index contributed by atoms with van der Waals surface area (Å²) < 4.78 is 54.4. The van der Waals surface area contributed by atoms with Crippen molar-refractivity contribution < 1.29 is 6.85 Å². The van der Waals surface area contributed by atoms with E-state index >= 15 is 0 Å². The van der Waals surface area contributed by atoms with Gasteiger partial charge >= 0.3 is 0 Å². The Balaban J connectivity index is 0.000000147. The van der Waals surface area contributed by atoms with Crippen molar-refractivity contribution in [1.82, 2.24) is 0 Å². The summed E-state index contributed by atoms with van der Waals surface area (Å²) >= 11 is 9.20. The molecule has 114 heavy (non-hydrogen) atoms. The maximum atomic E-state index is 8.56. The molecule has 1 aliphatic rings. The van der Waals surface area contributed by atoms with Crippen LogP contribution < -0.4 is 19.6 Å². The SMILES string of the molecule is [2H]c1c([2H])c([2H])c(-c2ccc(N(c3ccccc3)c3ccc4c(c3)sc3ccc(N(c5ccc6c(c5)C(C)(C)c5ccccc5-6)c5ccc6sc7ccccc7c6c5)cc34)cc2)c([2H])c1[2H].c1ccc(N(c2ccc3c(c2)sc2ccccc23)c2ccc3c(c2)sc2ccc(N(c4ccccc4)c4ccc5sc6ccccc6c5c4)cc23)cc1. The van der Waals surface area contributed by atoms with Gasteiger partial charge in [-0.3, -0.25) is 0 Å². The van der Waals surface area contributed by atoms with E-state index in [9.17, 15) is 0 Å². The number of hydrogen-bond acceptors (Lipinski definition) is 9. The highest BCUT2D eigenvalue weighted by atomic mass is 32.1. The molecule has 0 spiro atoms. The molecule has 0 fully saturated rings. The maximum Gasteiger partial charge on any atom is 0.0629 e. The van der Waals surface area contributed by atoms with Gasteiger partial charge in [0, 0.05) is 175 Å². The Morgan fingerprint density at radius 2 is 0.482 bits per heavy atom. The third-order valence-electron chi connectivity index (χ3n) is 22.5. The molecule has 0 saturated carbocycles. The summed E-state index contributed by atoms with van der Waals surface area (Å²) in [7, 11) is 0. The van der Waals surface area contributed by atoms with Crippen LogP contribution in [0.4, 0.5) is 68.2 Å². The van der Waals surface area contributed by atoms with Crippen LogP contribution in [0.1, 0.15) is 31.8 Å². The predicted octanol–water partition coefficient (Wildman–Crippen LogP) is 33.1. The smallest absolute Gasteiger partial charge is 0.0629 e. The number of hydrogen-bond donors (Lipinski definition) is 0. The quantitative estimate of drug-likeness (QED) is 0.114. The molecule has 0 bridgehead atoms. The summed E-state index contributed by atoms with van der Waals surface area (Å²) in [6, 6.07) is 128. The summed E-state index contributed by atoms with van der Waals surface area (Å²) in [5, 5.41) is 12.7. The zero-order chi connectivity index (χ0) is 79.9. The van der Waals surface area contributed by atoms with E-state index in [4.69, 9.17) is 6.85 Å². The highest BCUT2D eigenvalue weighted by Gasteiger charge is 2.36. The van der Waals surface area contributed by atoms with E-state index in [0.717, 1.165) is 72.9 Å². The number of thiophene rings is 5. The van der Waals surface area contributed by atoms with E-state index in [2.05, 4.69) is 349 Å². The molecule has 0 unspecified atom stereocenters. The lowest BCUT2D eigenvalue weighted by atomic mass is 9.82. The Labute approximate surface area is 687 Å². The second kappa shape index (κ2) is 27.8. The Bertz CT molecular complexity index is 7800. The molecular formula is C105H70N4S5. The zero-order valence-corrected chi connectivity index (χ0v) is 66.0. The minimum atomic E-state index is -0.398. The summed E-state index contributed by atoms with van der Waals surface area (Å²) in [5.74, 6) is 0. The number of fused-ring (bicyclic) bond motifs is 18. The largest absolute Gasteiger partial charge is 0.310 e. The summed E-state index contributed by atoms with van der Waals surface area (Å²) in [6.07, 6.45) is 0. The molecule has 5 heterocycles. The predicted molar refractivity (Wildman–Crippen MR) is 499 cm³/mol. The van der Waals surface area contributed by atoms with E-state index in [1.54, 1.807) is 11.3 Å². The van der Waals surface area contributed by atoms with Crippen molar-refractivity contribution in [1.29, 1.82) is 0 Å². The van der Waals surface area contributed by atoms with Gasteiger partial charge in [0.2, 0.25) is 0 Å². The second-order valence-electron chi connectivity index (χ2n) is 29.6. The summed E-state index contributed by atoms with van der Waals surface area (Å²) in [6.45, 7) is 4.68. The lowest BCUT2D eigenvalue weighted by Crippen LogP contribution is -2.16. The molecule has 0 atom stereocenters. The molecule has 1 aliphatic carbocycles. The fourth-order valence-corrected chi connectivity index (χ4v) is 22.7. The third-order valence-corrected chi connectivity index (χ3v) is 28.3. The Hall–Kier alpha value is -13.0. The summed E-state index contributed by atoms with van der Waals surface area (Å²) in [5.41, 5.74) is 18.9. The molecule has 0 N–H and O–H groups in total. The van der Waals surface area contributed by atoms with Gasteiger partial charge in [0.25, 0.3) is 0 Å². The lowest BCUT2D eigenvalue weighted by molar-refractivity contribution is 0.660. The van der Waals surface area contributed by atoms with Crippen LogP contribution in [0, 0.1) is 0 Å². The fraction of sp³-hybridized carbons (Fsp3) is 0.0286. The molecule has 9 heteroatoms.